The van der Waals surface area contributed by atoms with Gasteiger partial charge in [-0.3, -0.25) is 0 Å². The summed E-state index contributed by atoms with van der Waals surface area (Å²) in [5, 5.41) is 0. The summed E-state index contributed by atoms with van der Waals surface area (Å²) >= 11 is 0. The lowest BCUT2D eigenvalue weighted by Crippen LogP contribution is -2.31. The first-order chi connectivity index (χ1) is 39.2. The fourth-order valence-corrected chi connectivity index (χ4v) is 15.3. The van der Waals surface area contributed by atoms with E-state index in [1.807, 2.05) is 0 Å². The standard InChI is InChI=1S/12C7H14/c1-6-4-7(2,3)5-6;2*1-6-4-5-7(6,2)3;1-5-4-6(2)7(5)3;1-6(2)7-4-3-5-7;2*1-3-7-4-6(2)5-7;2*1-3-7(2)5-4-6-7;2*1-3-7-5-4-6(7)2;1-2-4-7-5-3-6-7/h3*6H,4-5H2,1-3H3;5-7H,4H2,1-3H3;3*6-7H,3-5H2,1-2H3;2*3-6H2,1-2H3;2*6-7H,3-5H2,1-2H3;7H,2-6H2,1H3/t;6-;;5-,6?,7?;;;;;;6-,7?;;/m.0.0.....0../s1. The highest BCUT2D eigenvalue weighted by atomic mass is 14.4. The van der Waals surface area contributed by atoms with Crippen molar-refractivity contribution in [1.29, 1.82) is 0 Å². The third-order valence-corrected chi connectivity index (χ3v) is 27.0. The molecule has 12 aliphatic carbocycles. The van der Waals surface area contributed by atoms with E-state index in [9.17, 15) is 0 Å². The third kappa shape index (κ3) is 32.3. The van der Waals surface area contributed by atoms with Gasteiger partial charge in [-0.25, -0.2) is 0 Å². The Morgan fingerprint density at radius 3 is 0.738 bits per heavy atom. The average Bonchev–Trinajstić information content (AvgIpc) is 3.41. The lowest BCUT2D eigenvalue weighted by atomic mass is 9.64. The Kier molecular flexibility index (Phi) is 40.5. The van der Waals surface area contributed by atoms with Crippen molar-refractivity contribution < 1.29 is 0 Å². The van der Waals surface area contributed by atoms with Crippen LogP contribution in [-0.2, 0) is 0 Å². The van der Waals surface area contributed by atoms with Crippen LogP contribution in [0.2, 0.25) is 0 Å². The summed E-state index contributed by atoms with van der Waals surface area (Å²) in [5.74, 6) is 17.7. The largest absolute Gasteiger partial charge is 0.0654 e. The van der Waals surface area contributed by atoms with Crippen LogP contribution in [0.25, 0.3) is 0 Å². The van der Waals surface area contributed by atoms with Crippen LogP contribution < -0.4 is 0 Å². The molecule has 0 radical (unpaired) electrons. The molecule has 504 valence electrons. The first-order valence-corrected chi connectivity index (χ1v) is 39.2. The van der Waals surface area contributed by atoms with Crippen molar-refractivity contribution in [1.82, 2.24) is 0 Å². The molecule has 0 aromatic rings. The summed E-state index contributed by atoms with van der Waals surface area (Å²) in [4.78, 5) is 0. The van der Waals surface area contributed by atoms with Crippen molar-refractivity contribution >= 4 is 0 Å². The molecule has 0 heteroatoms. The van der Waals surface area contributed by atoms with Gasteiger partial charge in [0.15, 0.2) is 0 Å². The Morgan fingerprint density at radius 2 is 0.714 bits per heavy atom. The Balaban J connectivity index is 0.000000458. The Bertz CT molecular complexity index is 1400. The Morgan fingerprint density at radius 1 is 0.357 bits per heavy atom. The van der Waals surface area contributed by atoms with Gasteiger partial charge >= 0.3 is 0 Å². The fourth-order valence-electron chi connectivity index (χ4n) is 15.3. The van der Waals surface area contributed by atoms with Gasteiger partial charge in [0, 0.05) is 0 Å². The van der Waals surface area contributed by atoms with E-state index in [0.717, 1.165) is 111 Å². The molecule has 0 N–H and O–H groups in total. The molecule has 0 aromatic heterocycles. The topological polar surface area (TPSA) is 0 Å². The van der Waals surface area contributed by atoms with Gasteiger partial charge in [0.1, 0.15) is 0 Å². The molecule has 0 aliphatic heterocycles. The third-order valence-electron chi connectivity index (χ3n) is 27.0. The van der Waals surface area contributed by atoms with Crippen LogP contribution in [0.5, 0.6) is 0 Å². The minimum Gasteiger partial charge on any atom is -0.0654 e. The quantitative estimate of drug-likeness (QED) is 0.216. The minimum atomic E-state index is 0.681. The molecule has 84 heavy (non-hydrogen) atoms. The second kappa shape index (κ2) is 41.5. The lowest BCUT2D eigenvalue weighted by Gasteiger charge is -2.42. The van der Waals surface area contributed by atoms with Gasteiger partial charge in [0.05, 0.1) is 0 Å². The summed E-state index contributed by atoms with van der Waals surface area (Å²) < 4.78 is 0. The molecular weight excluding hydrogens is 1010 g/mol. The molecule has 6 unspecified atom stereocenters. The average molecular weight is 1180 g/mol. The normalized spacial score (nSPS) is 34.5. The number of hydrogen-bond donors (Lipinski definition) is 0. The monoisotopic (exact) mass is 1180 g/mol. The lowest BCUT2D eigenvalue weighted by molar-refractivity contribution is 0.0891. The van der Waals surface area contributed by atoms with Crippen LogP contribution in [0.4, 0.5) is 0 Å². The van der Waals surface area contributed by atoms with Crippen molar-refractivity contribution in [3.05, 3.63) is 0 Å². The SMILES string of the molecule is CC(C)C1CCC1.CC1CC(C)(C)C1.CC1CCC1(C)C.CC1C[C@H](C)C1C.CCC1(C)CCC1.CCC1(C)CCC1.CCC1CC(C)C1.CCC1CC(C)C1.CCC1CCC1C.CCC1CC[C@@H]1C.CCCC1CCC1.C[C@H]1CCC1(C)C. The molecule has 0 aromatic carbocycles. The van der Waals surface area contributed by atoms with Gasteiger partial charge in [-0.15, -0.1) is 0 Å². The van der Waals surface area contributed by atoms with Crippen molar-refractivity contribution in [2.24, 2.45) is 128 Å². The van der Waals surface area contributed by atoms with Crippen LogP contribution in [0.1, 0.15) is 412 Å². The highest BCUT2D eigenvalue weighted by molar-refractivity contribution is 4.87. The number of hydrogen-bond acceptors (Lipinski definition) is 0. The molecule has 0 bridgehead atoms. The summed E-state index contributed by atoms with van der Waals surface area (Å²) in [7, 11) is 0. The van der Waals surface area contributed by atoms with Crippen LogP contribution in [0.15, 0.2) is 0 Å². The van der Waals surface area contributed by atoms with Gasteiger partial charge in [0.25, 0.3) is 0 Å². The van der Waals surface area contributed by atoms with E-state index in [0.29, 0.717) is 16.2 Å². The fraction of sp³-hybridized carbons (Fsp3) is 1.00. The molecule has 12 fully saturated rings. The second-order valence-corrected chi connectivity index (χ2v) is 36.3. The summed E-state index contributed by atoms with van der Waals surface area (Å²) in [5.41, 5.74) is 3.58. The smallest absolute Gasteiger partial charge is 0.0328 e. The van der Waals surface area contributed by atoms with Crippen molar-refractivity contribution in [3.8, 4) is 0 Å². The van der Waals surface area contributed by atoms with Gasteiger partial charge in [-0.05, 0) is 237 Å². The predicted molar refractivity (Wildman–Crippen MR) is 386 cm³/mol. The Hall–Kier alpha value is 0. The van der Waals surface area contributed by atoms with E-state index in [1.54, 1.807) is 0 Å². The summed E-state index contributed by atoms with van der Waals surface area (Å²) in [6, 6.07) is 0. The molecule has 0 spiro atoms. The maximum absolute atomic E-state index is 2.39. The van der Waals surface area contributed by atoms with E-state index >= 15 is 0 Å². The summed E-state index contributed by atoms with van der Waals surface area (Å²) in [6.45, 7) is 62.9. The highest BCUT2D eigenvalue weighted by Gasteiger charge is 2.36. The minimum absolute atomic E-state index is 0.681. The zero-order valence-corrected chi connectivity index (χ0v) is 64.1. The van der Waals surface area contributed by atoms with Gasteiger partial charge < -0.3 is 0 Å². The van der Waals surface area contributed by atoms with Crippen molar-refractivity contribution in [3.63, 3.8) is 0 Å². The van der Waals surface area contributed by atoms with Crippen LogP contribution in [-0.4, -0.2) is 0 Å². The first-order valence-electron chi connectivity index (χ1n) is 39.2. The van der Waals surface area contributed by atoms with Crippen LogP contribution >= 0.6 is 0 Å². The first kappa shape index (κ1) is 82.0. The van der Waals surface area contributed by atoms with E-state index in [4.69, 9.17) is 0 Å². The number of rotatable bonds is 9. The molecule has 0 saturated heterocycles. The molecule has 12 rings (SSSR count). The van der Waals surface area contributed by atoms with Gasteiger partial charge in [-0.2, -0.15) is 0 Å². The molecule has 9 atom stereocenters. The predicted octanol–water partition coefficient (Wildman–Crippen LogP) is 29.6. The molecule has 0 nitrogen and oxygen atoms in total. The zero-order chi connectivity index (χ0) is 64.1. The van der Waals surface area contributed by atoms with Gasteiger partial charge in [-0.1, -0.05) is 303 Å². The zero-order valence-electron chi connectivity index (χ0n) is 64.1. The molecular formula is C84H168. The second-order valence-electron chi connectivity index (χ2n) is 36.3. The molecule has 0 amide bonds. The van der Waals surface area contributed by atoms with Crippen LogP contribution in [0, 0.1) is 128 Å². The van der Waals surface area contributed by atoms with E-state index in [2.05, 4.69) is 187 Å². The van der Waals surface area contributed by atoms with Crippen LogP contribution in [0.3, 0.4) is 0 Å². The highest BCUT2D eigenvalue weighted by Crippen LogP contribution is 2.48. The molecule has 12 saturated carbocycles. The van der Waals surface area contributed by atoms with E-state index in [1.165, 1.54) is 225 Å². The van der Waals surface area contributed by atoms with E-state index in [-0.39, 0.29) is 0 Å². The maximum atomic E-state index is 2.39. The van der Waals surface area contributed by atoms with Gasteiger partial charge in [0.2, 0.25) is 0 Å². The van der Waals surface area contributed by atoms with Crippen molar-refractivity contribution in [2.45, 2.75) is 412 Å². The summed E-state index contributed by atoms with van der Waals surface area (Å²) in [6.07, 6.45) is 51.2. The van der Waals surface area contributed by atoms with Crippen molar-refractivity contribution in [2.75, 3.05) is 0 Å². The molecule has 12 aliphatic rings. The Labute approximate surface area is 536 Å². The van der Waals surface area contributed by atoms with E-state index < -0.39 is 0 Å². The maximum Gasteiger partial charge on any atom is -0.0328 e. The molecule has 0 heterocycles.